The average molecular weight is 460 g/mol. The molecule has 0 saturated carbocycles. The predicted octanol–water partition coefficient (Wildman–Crippen LogP) is 1.44. The molecule has 1 amide bonds. The minimum atomic E-state index is 0. The summed E-state index contributed by atoms with van der Waals surface area (Å²) in [4.78, 5) is 25.0. The molecule has 1 aromatic heterocycles. The highest BCUT2D eigenvalue weighted by Gasteiger charge is 2.17. The average Bonchev–Trinajstić information content (AvgIpc) is 3.12. The Bertz CT molecular complexity index is 572. The van der Waals surface area contributed by atoms with Crippen molar-refractivity contribution in [3.8, 4) is 0 Å². The molecule has 0 spiro atoms. The highest BCUT2D eigenvalue weighted by Crippen LogP contribution is 2.15. The van der Waals surface area contributed by atoms with Gasteiger partial charge in [-0.3, -0.25) is 4.79 Å². The van der Waals surface area contributed by atoms with Crippen molar-refractivity contribution in [2.45, 2.75) is 26.3 Å². The Morgan fingerprint density at radius 2 is 2.04 bits per heavy atom. The monoisotopic (exact) mass is 460 g/mol. The fraction of sp³-hybridized carbons (Fsp3) is 0.588. The van der Waals surface area contributed by atoms with Gasteiger partial charge in [-0.1, -0.05) is 6.07 Å². The van der Waals surface area contributed by atoms with Crippen LogP contribution < -0.4 is 15.5 Å². The summed E-state index contributed by atoms with van der Waals surface area (Å²) in [5, 5.41) is 6.31. The van der Waals surface area contributed by atoms with Gasteiger partial charge in [0.1, 0.15) is 5.82 Å². The van der Waals surface area contributed by atoms with Gasteiger partial charge in [-0.05, 0) is 25.8 Å². The fourth-order valence-corrected chi connectivity index (χ4v) is 2.70. The zero-order valence-electron chi connectivity index (χ0n) is 15.3. The maximum Gasteiger partial charge on any atom is 0.241 e. The molecule has 2 N–H and O–H groups in total. The molecule has 0 bridgehead atoms. The first-order valence-electron chi connectivity index (χ1n) is 8.53. The molecule has 0 aromatic carbocycles. The first-order chi connectivity index (χ1) is 11.6. The Hall–Kier alpha value is -1.58. The summed E-state index contributed by atoms with van der Waals surface area (Å²) in [7, 11) is 3.93. The summed E-state index contributed by atoms with van der Waals surface area (Å²) in [6.07, 6.45) is 3.99. The van der Waals surface area contributed by atoms with Crippen LogP contribution in [0.3, 0.4) is 0 Å². The normalized spacial score (nSPS) is 14.0. The molecule has 0 aliphatic carbocycles. The van der Waals surface area contributed by atoms with Gasteiger partial charge in [0.25, 0.3) is 0 Å². The van der Waals surface area contributed by atoms with Crippen molar-refractivity contribution in [3.63, 3.8) is 0 Å². The maximum absolute atomic E-state index is 12.1. The molecule has 1 aliphatic heterocycles. The SMILES string of the molecule is CCNC(=NCc1cccnc1N(C)C)NCC(=O)N1CCCC1.I. The number of hydrogen-bond acceptors (Lipinski definition) is 4. The lowest BCUT2D eigenvalue weighted by Gasteiger charge is -2.18. The van der Waals surface area contributed by atoms with Gasteiger partial charge in [0, 0.05) is 45.5 Å². The molecule has 7 nitrogen and oxygen atoms in total. The van der Waals surface area contributed by atoms with E-state index in [2.05, 4.69) is 20.6 Å². The number of carbonyl (C=O) groups excluding carboxylic acids is 1. The molecule has 0 atom stereocenters. The van der Waals surface area contributed by atoms with Crippen LogP contribution in [0.2, 0.25) is 0 Å². The topological polar surface area (TPSA) is 72.9 Å². The van der Waals surface area contributed by atoms with E-state index in [1.807, 2.05) is 43.0 Å². The number of amides is 1. The molecule has 1 aromatic rings. The van der Waals surface area contributed by atoms with Crippen LogP contribution in [0.5, 0.6) is 0 Å². The number of nitrogens with zero attached hydrogens (tertiary/aromatic N) is 4. The Labute approximate surface area is 167 Å². The van der Waals surface area contributed by atoms with Crippen molar-refractivity contribution >= 4 is 41.7 Å². The summed E-state index contributed by atoms with van der Waals surface area (Å²) >= 11 is 0. The van der Waals surface area contributed by atoms with Gasteiger partial charge in [-0.15, -0.1) is 24.0 Å². The molecule has 0 unspecified atom stereocenters. The molecule has 140 valence electrons. The lowest BCUT2D eigenvalue weighted by atomic mass is 10.2. The molecule has 1 fully saturated rings. The second-order valence-electron chi connectivity index (χ2n) is 6.02. The van der Waals surface area contributed by atoms with Crippen LogP contribution in [0.15, 0.2) is 23.3 Å². The van der Waals surface area contributed by atoms with E-state index in [9.17, 15) is 4.79 Å². The Kier molecular flexibility index (Phi) is 9.54. The van der Waals surface area contributed by atoms with Gasteiger partial charge < -0.3 is 20.4 Å². The van der Waals surface area contributed by atoms with Gasteiger partial charge in [0.15, 0.2) is 5.96 Å². The summed E-state index contributed by atoms with van der Waals surface area (Å²) in [6.45, 7) is 5.28. The van der Waals surface area contributed by atoms with Crippen LogP contribution >= 0.6 is 24.0 Å². The van der Waals surface area contributed by atoms with Gasteiger partial charge >= 0.3 is 0 Å². The van der Waals surface area contributed by atoms with Crippen molar-refractivity contribution < 1.29 is 4.79 Å². The molecule has 2 rings (SSSR count). The molecule has 2 heterocycles. The molecular weight excluding hydrogens is 431 g/mol. The number of rotatable bonds is 6. The minimum absolute atomic E-state index is 0. The van der Waals surface area contributed by atoms with Crippen LogP contribution in [0.4, 0.5) is 5.82 Å². The fourth-order valence-electron chi connectivity index (χ4n) is 2.70. The number of anilines is 1. The van der Waals surface area contributed by atoms with E-state index >= 15 is 0 Å². The van der Waals surface area contributed by atoms with E-state index in [-0.39, 0.29) is 36.4 Å². The van der Waals surface area contributed by atoms with Gasteiger partial charge in [-0.2, -0.15) is 0 Å². The largest absolute Gasteiger partial charge is 0.362 e. The van der Waals surface area contributed by atoms with E-state index in [1.165, 1.54) is 0 Å². The van der Waals surface area contributed by atoms with Crippen LogP contribution in [0.25, 0.3) is 0 Å². The molecular formula is C17H29IN6O. The number of aliphatic imine (C=N–C) groups is 1. The van der Waals surface area contributed by atoms with Gasteiger partial charge in [0.05, 0.1) is 13.1 Å². The smallest absolute Gasteiger partial charge is 0.241 e. The number of hydrogen-bond donors (Lipinski definition) is 2. The van der Waals surface area contributed by atoms with Crippen LogP contribution in [0, 0.1) is 0 Å². The number of guanidine groups is 1. The number of aromatic nitrogens is 1. The second-order valence-corrected chi connectivity index (χ2v) is 6.02. The van der Waals surface area contributed by atoms with Crippen molar-refractivity contribution in [2.75, 3.05) is 45.2 Å². The maximum atomic E-state index is 12.1. The number of carbonyl (C=O) groups is 1. The second kappa shape index (κ2) is 11.1. The third-order valence-corrected chi connectivity index (χ3v) is 3.91. The molecule has 8 heteroatoms. The zero-order chi connectivity index (χ0) is 17.4. The van der Waals surface area contributed by atoms with E-state index in [1.54, 1.807) is 6.20 Å². The highest BCUT2D eigenvalue weighted by molar-refractivity contribution is 14.0. The lowest BCUT2D eigenvalue weighted by molar-refractivity contribution is -0.128. The molecule has 1 aliphatic rings. The summed E-state index contributed by atoms with van der Waals surface area (Å²) in [6, 6.07) is 3.93. The van der Waals surface area contributed by atoms with Gasteiger partial charge in [0.2, 0.25) is 5.91 Å². The number of likely N-dealkylation sites (tertiary alicyclic amines) is 1. The number of nitrogens with one attached hydrogen (secondary N) is 2. The van der Waals surface area contributed by atoms with E-state index < -0.39 is 0 Å². The van der Waals surface area contributed by atoms with E-state index in [0.29, 0.717) is 12.5 Å². The van der Waals surface area contributed by atoms with E-state index in [4.69, 9.17) is 0 Å². The van der Waals surface area contributed by atoms with E-state index in [0.717, 1.165) is 43.9 Å². The Morgan fingerprint density at radius 3 is 2.68 bits per heavy atom. The van der Waals surface area contributed by atoms with Gasteiger partial charge in [-0.25, -0.2) is 9.98 Å². The van der Waals surface area contributed by atoms with Crippen molar-refractivity contribution in [2.24, 2.45) is 4.99 Å². The molecule has 1 saturated heterocycles. The number of halogens is 1. The summed E-state index contributed by atoms with van der Waals surface area (Å²) in [5.41, 5.74) is 1.05. The van der Waals surface area contributed by atoms with Crippen LogP contribution in [-0.2, 0) is 11.3 Å². The molecule has 0 radical (unpaired) electrons. The zero-order valence-corrected chi connectivity index (χ0v) is 17.6. The summed E-state index contributed by atoms with van der Waals surface area (Å²) < 4.78 is 0. The van der Waals surface area contributed by atoms with Crippen LogP contribution in [0.1, 0.15) is 25.3 Å². The first-order valence-corrected chi connectivity index (χ1v) is 8.53. The third-order valence-electron chi connectivity index (χ3n) is 3.91. The summed E-state index contributed by atoms with van der Waals surface area (Å²) in [5.74, 6) is 1.69. The van der Waals surface area contributed by atoms with Crippen molar-refractivity contribution in [1.29, 1.82) is 0 Å². The van der Waals surface area contributed by atoms with Crippen molar-refractivity contribution in [3.05, 3.63) is 23.9 Å². The first kappa shape index (κ1) is 21.5. The quantitative estimate of drug-likeness (QED) is 0.382. The number of pyridine rings is 1. The highest BCUT2D eigenvalue weighted by atomic mass is 127. The van der Waals surface area contributed by atoms with Crippen LogP contribution in [-0.4, -0.2) is 62.0 Å². The lowest BCUT2D eigenvalue weighted by Crippen LogP contribution is -2.44. The minimum Gasteiger partial charge on any atom is -0.362 e. The standard InChI is InChI=1S/C17H28N6O.HI/c1-4-18-17(21-13-15(24)23-10-5-6-11-23)20-12-14-8-7-9-19-16(14)22(2)3;/h7-9H,4-6,10-13H2,1-3H3,(H2,18,20,21);1H. The Balaban J connectivity index is 0.00000312. The molecule has 25 heavy (non-hydrogen) atoms. The van der Waals surface area contributed by atoms with Crippen molar-refractivity contribution in [1.82, 2.24) is 20.5 Å². The Morgan fingerprint density at radius 1 is 1.32 bits per heavy atom. The third kappa shape index (κ3) is 6.68. The predicted molar refractivity (Wildman–Crippen MR) is 113 cm³/mol.